The quantitative estimate of drug-likeness (QED) is 0.808. The summed E-state index contributed by atoms with van der Waals surface area (Å²) in [6.45, 7) is 2.04. The van der Waals surface area contributed by atoms with Crippen LogP contribution in [-0.4, -0.2) is 15.3 Å². The van der Waals surface area contributed by atoms with Crippen LogP contribution in [0, 0.1) is 6.92 Å². The van der Waals surface area contributed by atoms with Gasteiger partial charge < -0.3 is 4.57 Å². The first-order valence-corrected chi connectivity index (χ1v) is 6.82. The number of fused-ring (bicyclic) bond motifs is 1. The highest BCUT2D eigenvalue weighted by Crippen LogP contribution is 2.25. The van der Waals surface area contributed by atoms with E-state index < -0.39 is 0 Å². The Labute approximate surface area is 114 Å². The molecule has 1 aliphatic carbocycles. The molecule has 0 saturated heterocycles. The maximum absolute atomic E-state index is 11.8. The van der Waals surface area contributed by atoms with Crippen molar-refractivity contribution in [1.82, 2.24) is 9.55 Å². The fourth-order valence-corrected chi connectivity index (χ4v) is 2.61. The summed E-state index contributed by atoms with van der Waals surface area (Å²) in [5.74, 6) is 1.13. The van der Waals surface area contributed by atoms with E-state index in [4.69, 9.17) is 0 Å². The van der Waals surface area contributed by atoms with E-state index in [1.165, 1.54) is 0 Å². The highest BCUT2D eigenvalue weighted by atomic mass is 79.9. The zero-order valence-electron chi connectivity index (χ0n) is 10.1. The second-order valence-electron chi connectivity index (χ2n) is 4.61. The molecule has 2 aromatic heterocycles. The Kier molecular flexibility index (Phi) is 2.82. The van der Waals surface area contributed by atoms with Crippen molar-refractivity contribution in [2.75, 3.05) is 0 Å². The van der Waals surface area contributed by atoms with E-state index >= 15 is 0 Å². The molecule has 0 amide bonds. The molecule has 18 heavy (non-hydrogen) atoms. The number of nitrogens with zero attached hydrogens (tertiary/aromatic N) is 2. The first-order chi connectivity index (χ1) is 8.66. The van der Waals surface area contributed by atoms with Crippen molar-refractivity contribution in [3.05, 3.63) is 45.8 Å². The van der Waals surface area contributed by atoms with Crippen LogP contribution in [0.3, 0.4) is 0 Å². The van der Waals surface area contributed by atoms with E-state index in [9.17, 15) is 4.79 Å². The summed E-state index contributed by atoms with van der Waals surface area (Å²) in [7, 11) is 0. The Morgan fingerprint density at radius 2 is 2.22 bits per heavy atom. The van der Waals surface area contributed by atoms with Crippen LogP contribution in [-0.2, 0) is 6.42 Å². The van der Waals surface area contributed by atoms with Crippen LogP contribution >= 0.6 is 15.9 Å². The van der Waals surface area contributed by atoms with Gasteiger partial charge in [-0.15, -0.1) is 0 Å². The fourth-order valence-electron chi connectivity index (χ4n) is 2.40. The van der Waals surface area contributed by atoms with Crippen LogP contribution < -0.4 is 0 Å². The number of pyridine rings is 1. The van der Waals surface area contributed by atoms with Crippen molar-refractivity contribution in [2.45, 2.75) is 26.2 Å². The van der Waals surface area contributed by atoms with E-state index in [0.717, 1.165) is 40.0 Å². The standard InChI is InChI=1S/C14H13BrN2O/c1-9-7-14(16-8-11(9)15)17-6-5-10-12(17)3-2-4-13(10)18/h5-8H,2-4H2,1H3. The van der Waals surface area contributed by atoms with E-state index in [1.54, 1.807) is 0 Å². The van der Waals surface area contributed by atoms with E-state index in [-0.39, 0.29) is 5.78 Å². The molecule has 92 valence electrons. The number of carbonyl (C=O) groups is 1. The normalized spacial score (nSPS) is 14.7. The molecule has 2 aromatic rings. The van der Waals surface area contributed by atoms with Crippen LogP contribution in [0.2, 0.25) is 0 Å². The molecule has 0 atom stereocenters. The number of Topliss-reactive ketones (excluding diaryl/α,β-unsaturated/α-hetero) is 1. The molecule has 0 N–H and O–H groups in total. The van der Waals surface area contributed by atoms with Gasteiger partial charge in [-0.3, -0.25) is 4.79 Å². The predicted octanol–water partition coefficient (Wildman–Crippen LogP) is 3.46. The number of carbonyl (C=O) groups excluding carboxylic acids is 1. The van der Waals surface area contributed by atoms with E-state index in [0.29, 0.717) is 6.42 Å². The van der Waals surface area contributed by atoms with E-state index in [2.05, 4.69) is 20.9 Å². The van der Waals surface area contributed by atoms with Crippen LogP contribution in [0.1, 0.15) is 34.5 Å². The smallest absolute Gasteiger partial charge is 0.164 e. The van der Waals surface area contributed by atoms with Crippen LogP contribution in [0.5, 0.6) is 0 Å². The zero-order valence-corrected chi connectivity index (χ0v) is 11.7. The lowest BCUT2D eigenvalue weighted by atomic mass is 9.97. The molecule has 0 saturated carbocycles. The Morgan fingerprint density at radius 3 is 3.00 bits per heavy atom. The van der Waals surface area contributed by atoms with Gasteiger partial charge in [-0.05, 0) is 53.4 Å². The molecule has 4 heteroatoms. The fraction of sp³-hybridized carbons (Fsp3) is 0.286. The summed E-state index contributed by atoms with van der Waals surface area (Å²) < 4.78 is 3.04. The van der Waals surface area contributed by atoms with Gasteiger partial charge in [-0.1, -0.05) is 0 Å². The Hall–Kier alpha value is -1.42. The average Bonchev–Trinajstić information content (AvgIpc) is 2.78. The van der Waals surface area contributed by atoms with Gasteiger partial charge in [0.2, 0.25) is 0 Å². The highest BCUT2D eigenvalue weighted by molar-refractivity contribution is 9.10. The lowest BCUT2D eigenvalue weighted by Crippen LogP contribution is -2.12. The molecule has 0 fully saturated rings. The highest BCUT2D eigenvalue weighted by Gasteiger charge is 2.21. The van der Waals surface area contributed by atoms with Crippen LogP contribution in [0.25, 0.3) is 5.82 Å². The lowest BCUT2D eigenvalue weighted by molar-refractivity contribution is 0.0972. The summed E-state index contributed by atoms with van der Waals surface area (Å²) in [5.41, 5.74) is 3.11. The van der Waals surface area contributed by atoms with Crippen molar-refractivity contribution in [2.24, 2.45) is 0 Å². The van der Waals surface area contributed by atoms with Crippen molar-refractivity contribution >= 4 is 21.7 Å². The number of ketones is 1. The molecule has 0 aliphatic heterocycles. The molecule has 1 aliphatic rings. The van der Waals surface area contributed by atoms with Gasteiger partial charge in [-0.25, -0.2) is 4.98 Å². The first kappa shape index (κ1) is 11.7. The molecule has 0 spiro atoms. The summed E-state index contributed by atoms with van der Waals surface area (Å²) in [6.07, 6.45) is 6.31. The summed E-state index contributed by atoms with van der Waals surface area (Å²) in [6, 6.07) is 3.94. The molecule has 0 aromatic carbocycles. The minimum Gasteiger partial charge on any atom is -0.305 e. The second-order valence-corrected chi connectivity index (χ2v) is 5.47. The molecule has 0 bridgehead atoms. The Morgan fingerprint density at radius 1 is 1.39 bits per heavy atom. The average molecular weight is 305 g/mol. The van der Waals surface area contributed by atoms with Crippen molar-refractivity contribution < 1.29 is 4.79 Å². The molecule has 2 heterocycles. The molecular formula is C14H13BrN2O. The number of hydrogen-bond acceptors (Lipinski definition) is 2. The second kappa shape index (κ2) is 4.35. The number of halogens is 1. The monoisotopic (exact) mass is 304 g/mol. The third-order valence-corrected chi connectivity index (χ3v) is 4.22. The SMILES string of the molecule is Cc1cc(-n2ccc3c2CCCC3=O)ncc1Br. The van der Waals surface area contributed by atoms with Gasteiger partial charge in [0.25, 0.3) is 0 Å². The Bertz CT molecular complexity index is 631. The number of rotatable bonds is 1. The maximum atomic E-state index is 11.8. The largest absolute Gasteiger partial charge is 0.305 e. The van der Waals surface area contributed by atoms with Gasteiger partial charge >= 0.3 is 0 Å². The number of aromatic nitrogens is 2. The lowest BCUT2D eigenvalue weighted by Gasteiger charge is -2.14. The van der Waals surface area contributed by atoms with Crippen molar-refractivity contribution in [1.29, 1.82) is 0 Å². The van der Waals surface area contributed by atoms with Crippen LogP contribution in [0.4, 0.5) is 0 Å². The van der Waals surface area contributed by atoms with Gasteiger partial charge in [0.1, 0.15) is 5.82 Å². The zero-order chi connectivity index (χ0) is 12.7. The van der Waals surface area contributed by atoms with Gasteiger partial charge in [0.05, 0.1) is 0 Å². The van der Waals surface area contributed by atoms with Crippen LogP contribution in [0.15, 0.2) is 29.0 Å². The third kappa shape index (κ3) is 1.81. The van der Waals surface area contributed by atoms with Gasteiger partial charge in [-0.2, -0.15) is 0 Å². The minimum absolute atomic E-state index is 0.254. The van der Waals surface area contributed by atoms with Gasteiger partial charge in [0.15, 0.2) is 5.78 Å². The topological polar surface area (TPSA) is 34.9 Å². The predicted molar refractivity (Wildman–Crippen MR) is 73.3 cm³/mol. The van der Waals surface area contributed by atoms with Gasteiger partial charge in [0, 0.05) is 34.5 Å². The molecule has 0 unspecified atom stereocenters. The maximum Gasteiger partial charge on any atom is 0.164 e. The molecule has 3 nitrogen and oxygen atoms in total. The van der Waals surface area contributed by atoms with E-state index in [1.807, 2.05) is 36.0 Å². The Balaban J connectivity index is 2.12. The summed E-state index contributed by atoms with van der Waals surface area (Å²) in [4.78, 5) is 16.2. The van der Waals surface area contributed by atoms with Crippen molar-refractivity contribution in [3.63, 3.8) is 0 Å². The number of aryl methyl sites for hydroxylation is 1. The summed E-state index contributed by atoms with van der Waals surface area (Å²) in [5, 5.41) is 0. The minimum atomic E-state index is 0.254. The summed E-state index contributed by atoms with van der Waals surface area (Å²) >= 11 is 3.45. The molecular weight excluding hydrogens is 292 g/mol. The first-order valence-electron chi connectivity index (χ1n) is 6.03. The van der Waals surface area contributed by atoms with Crippen molar-refractivity contribution in [3.8, 4) is 5.82 Å². The molecule has 0 radical (unpaired) electrons. The number of hydrogen-bond donors (Lipinski definition) is 0. The molecule has 3 rings (SSSR count). The third-order valence-electron chi connectivity index (χ3n) is 3.39.